The van der Waals surface area contributed by atoms with Gasteiger partial charge in [-0.2, -0.15) is 0 Å². The molecule has 0 saturated heterocycles. The molecule has 1 spiro atoms. The normalized spacial score (nSPS) is 22.4. The van der Waals surface area contributed by atoms with Crippen molar-refractivity contribution in [1.29, 1.82) is 0 Å². The monoisotopic (exact) mass is 299 g/mol. The Balaban J connectivity index is 1.43. The molecule has 0 unspecified atom stereocenters. The fraction of sp³-hybridized carbons (Fsp3) is 0.375. The number of amides is 2. The summed E-state index contributed by atoms with van der Waals surface area (Å²) in [6.45, 7) is 0. The average molecular weight is 299 g/mol. The van der Waals surface area contributed by atoms with Gasteiger partial charge in [-0.05, 0) is 30.4 Å². The van der Waals surface area contributed by atoms with Crippen molar-refractivity contribution in [2.45, 2.75) is 25.7 Å². The summed E-state index contributed by atoms with van der Waals surface area (Å²) in [7, 11) is 0. The van der Waals surface area contributed by atoms with Gasteiger partial charge in [0.15, 0.2) is 0 Å². The number of fused-ring (bicyclic) bond motifs is 1. The summed E-state index contributed by atoms with van der Waals surface area (Å²) in [5.41, 5.74) is 0.466. The number of hydrogen-bond donors (Lipinski definition) is 0. The number of rotatable bonds is 2. The quantitative estimate of drug-likeness (QED) is 0.773. The van der Waals surface area contributed by atoms with Crippen molar-refractivity contribution in [3.63, 3.8) is 0 Å². The van der Waals surface area contributed by atoms with Crippen molar-refractivity contribution in [3.05, 3.63) is 35.4 Å². The first-order valence-electron chi connectivity index (χ1n) is 7.20. The lowest BCUT2D eigenvalue weighted by Crippen LogP contribution is -2.51. The van der Waals surface area contributed by atoms with E-state index in [4.69, 9.17) is 4.84 Å². The Morgan fingerprint density at radius 3 is 2.09 bits per heavy atom. The van der Waals surface area contributed by atoms with Crippen LogP contribution in [0.2, 0.25) is 0 Å². The Morgan fingerprint density at radius 1 is 1.05 bits per heavy atom. The van der Waals surface area contributed by atoms with Crippen LogP contribution < -0.4 is 0 Å². The molecule has 2 amide bonds. The number of benzene rings is 1. The average Bonchev–Trinajstić information content (AvgIpc) is 2.67. The van der Waals surface area contributed by atoms with Crippen molar-refractivity contribution in [2.75, 3.05) is 0 Å². The van der Waals surface area contributed by atoms with E-state index < -0.39 is 17.8 Å². The second-order valence-corrected chi connectivity index (χ2v) is 6.36. The van der Waals surface area contributed by atoms with Crippen LogP contribution in [-0.4, -0.2) is 28.6 Å². The minimum Gasteiger partial charge on any atom is -0.329 e. The molecule has 0 radical (unpaired) electrons. The van der Waals surface area contributed by atoms with E-state index in [1.807, 2.05) is 0 Å². The lowest BCUT2D eigenvalue weighted by Gasteiger charge is -2.51. The Bertz CT molecular complexity index is 687. The van der Waals surface area contributed by atoms with Crippen LogP contribution in [0.3, 0.4) is 0 Å². The number of nitrogens with zero attached hydrogens (tertiary/aromatic N) is 1. The topological polar surface area (TPSA) is 80.8 Å². The van der Waals surface area contributed by atoms with E-state index in [9.17, 15) is 19.2 Å². The lowest BCUT2D eigenvalue weighted by molar-refractivity contribution is -0.186. The highest BCUT2D eigenvalue weighted by atomic mass is 16.7. The van der Waals surface area contributed by atoms with Crippen molar-refractivity contribution < 1.29 is 24.0 Å². The summed E-state index contributed by atoms with van der Waals surface area (Å²) >= 11 is 0. The second kappa shape index (κ2) is 4.25. The van der Waals surface area contributed by atoms with Gasteiger partial charge in [0.2, 0.25) is 0 Å². The van der Waals surface area contributed by atoms with Crippen molar-refractivity contribution in [1.82, 2.24) is 5.06 Å². The molecule has 2 aliphatic carbocycles. The van der Waals surface area contributed by atoms with Crippen LogP contribution in [0.15, 0.2) is 24.3 Å². The smallest absolute Gasteiger partial charge is 0.329 e. The molecule has 6 heteroatoms. The van der Waals surface area contributed by atoms with Gasteiger partial charge in [0.25, 0.3) is 11.8 Å². The number of hydroxylamine groups is 2. The standard InChI is InChI=1S/C16H13NO5/c18-10-7-16(8-10)5-9(6-16)15(21)22-17-13(19)11-3-1-2-4-12(11)14(17)20/h1-4,9H,5-8H2. The predicted octanol–water partition coefficient (Wildman–Crippen LogP) is 1.50. The Kier molecular flexibility index (Phi) is 2.55. The van der Waals surface area contributed by atoms with Crippen LogP contribution in [0.4, 0.5) is 0 Å². The number of ketones is 1. The van der Waals surface area contributed by atoms with E-state index >= 15 is 0 Å². The van der Waals surface area contributed by atoms with Crippen LogP contribution >= 0.6 is 0 Å². The summed E-state index contributed by atoms with van der Waals surface area (Å²) in [6, 6.07) is 6.36. The molecule has 1 heterocycles. The number of carbonyl (C=O) groups excluding carboxylic acids is 4. The Labute approximate surface area is 126 Å². The highest BCUT2D eigenvalue weighted by Crippen LogP contribution is 2.57. The predicted molar refractivity (Wildman–Crippen MR) is 72.4 cm³/mol. The second-order valence-electron chi connectivity index (χ2n) is 6.36. The van der Waals surface area contributed by atoms with E-state index in [-0.39, 0.29) is 28.2 Å². The molecule has 4 rings (SSSR count). The fourth-order valence-electron chi connectivity index (χ4n) is 3.64. The molecule has 112 valence electrons. The van der Waals surface area contributed by atoms with E-state index in [1.54, 1.807) is 12.1 Å². The fourth-order valence-corrected chi connectivity index (χ4v) is 3.64. The SMILES string of the molecule is O=C1CC2(C1)CC(C(=O)ON1C(=O)c3ccccc3C1=O)C2. The summed E-state index contributed by atoms with van der Waals surface area (Å²) in [4.78, 5) is 52.3. The zero-order chi connectivity index (χ0) is 15.5. The van der Waals surface area contributed by atoms with E-state index in [0.717, 1.165) is 0 Å². The Morgan fingerprint density at radius 2 is 1.59 bits per heavy atom. The van der Waals surface area contributed by atoms with Crippen molar-refractivity contribution in [2.24, 2.45) is 11.3 Å². The van der Waals surface area contributed by atoms with Gasteiger partial charge in [0, 0.05) is 12.8 Å². The first-order valence-corrected chi connectivity index (χ1v) is 7.20. The molecule has 1 aromatic rings. The zero-order valence-corrected chi connectivity index (χ0v) is 11.7. The maximum atomic E-state index is 12.1. The maximum absolute atomic E-state index is 12.1. The summed E-state index contributed by atoms with van der Waals surface area (Å²) in [6.07, 6.45) is 2.26. The third kappa shape index (κ3) is 1.73. The minimum atomic E-state index is -0.609. The van der Waals surface area contributed by atoms with Gasteiger partial charge in [-0.15, -0.1) is 0 Å². The molecule has 1 aliphatic heterocycles. The van der Waals surface area contributed by atoms with Gasteiger partial charge in [-0.3, -0.25) is 14.4 Å². The molecule has 22 heavy (non-hydrogen) atoms. The molecule has 0 aromatic heterocycles. The molecule has 1 aromatic carbocycles. The largest absolute Gasteiger partial charge is 0.336 e. The number of hydrogen-bond acceptors (Lipinski definition) is 5. The van der Waals surface area contributed by atoms with Crippen molar-refractivity contribution >= 4 is 23.6 Å². The van der Waals surface area contributed by atoms with Gasteiger partial charge in [-0.25, -0.2) is 4.79 Å². The van der Waals surface area contributed by atoms with Gasteiger partial charge in [-0.1, -0.05) is 17.2 Å². The third-order valence-electron chi connectivity index (χ3n) is 4.77. The minimum absolute atomic E-state index is 0.0250. The lowest BCUT2D eigenvalue weighted by atomic mass is 9.51. The molecule has 3 aliphatic rings. The van der Waals surface area contributed by atoms with Crippen LogP contribution in [0, 0.1) is 11.3 Å². The molecule has 2 fully saturated rings. The Hall–Kier alpha value is -2.50. The summed E-state index contributed by atoms with van der Waals surface area (Å²) in [5.74, 6) is -1.90. The van der Waals surface area contributed by atoms with Gasteiger partial charge >= 0.3 is 5.97 Å². The first-order chi connectivity index (χ1) is 10.5. The summed E-state index contributed by atoms with van der Waals surface area (Å²) < 4.78 is 0. The highest BCUT2D eigenvalue weighted by molar-refractivity contribution is 6.20. The molecular formula is C16H13NO5. The van der Waals surface area contributed by atoms with Crippen LogP contribution in [0.5, 0.6) is 0 Å². The number of Topliss-reactive ketones (excluding diaryl/α,β-unsaturated/α-hetero) is 1. The van der Waals surface area contributed by atoms with Gasteiger partial charge in [0.05, 0.1) is 17.0 Å². The highest BCUT2D eigenvalue weighted by Gasteiger charge is 2.56. The molecule has 0 N–H and O–H groups in total. The summed E-state index contributed by atoms with van der Waals surface area (Å²) in [5, 5.41) is 0.546. The molecule has 2 saturated carbocycles. The molecular weight excluding hydrogens is 286 g/mol. The first kappa shape index (κ1) is 13.2. The van der Waals surface area contributed by atoms with E-state index in [0.29, 0.717) is 30.7 Å². The van der Waals surface area contributed by atoms with Crippen molar-refractivity contribution in [3.8, 4) is 0 Å². The van der Waals surface area contributed by atoms with Crippen LogP contribution in [-0.2, 0) is 14.4 Å². The molecule has 6 nitrogen and oxygen atoms in total. The van der Waals surface area contributed by atoms with Crippen LogP contribution in [0.1, 0.15) is 46.4 Å². The third-order valence-corrected chi connectivity index (χ3v) is 4.77. The molecule has 0 atom stereocenters. The maximum Gasteiger partial charge on any atom is 0.336 e. The zero-order valence-electron chi connectivity index (χ0n) is 11.7. The van der Waals surface area contributed by atoms with Gasteiger partial charge < -0.3 is 4.84 Å². The van der Waals surface area contributed by atoms with E-state index in [1.165, 1.54) is 12.1 Å². The van der Waals surface area contributed by atoms with Crippen LogP contribution in [0.25, 0.3) is 0 Å². The van der Waals surface area contributed by atoms with Gasteiger partial charge in [0.1, 0.15) is 5.78 Å². The number of carbonyl (C=O) groups is 4. The van der Waals surface area contributed by atoms with E-state index in [2.05, 4.69) is 0 Å². The number of imide groups is 1. The molecule has 0 bridgehead atoms.